The first-order valence-corrected chi connectivity index (χ1v) is 8.46. The minimum Gasteiger partial charge on any atom is -0.495 e. The largest absolute Gasteiger partial charge is 0.495 e. The smallest absolute Gasteiger partial charge is 0.277 e. The summed E-state index contributed by atoms with van der Waals surface area (Å²) >= 11 is 0. The molecule has 8 heteroatoms. The molecule has 4 rings (SSSR count). The quantitative estimate of drug-likeness (QED) is 0.562. The van der Waals surface area contributed by atoms with Gasteiger partial charge in [-0.15, -0.1) is 10.2 Å². The van der Waals surface area contributed by atoms with Crippen LogP contribution in [-0.2, 0) is 0 Å². The second kappa shape index (κ2) is 7.36. The molecule has 28 heavy (non-hydrogen) atoms. The third-order valence-electron chi connectivity index (χ3n) is 4.02. The van der Waals surface area contributed by atoms with Crippen LogP contribution in [0.5, 0.6) is 5.75 Å². The molecular formula is C20H16N4O4. The minimum atomic E-state index is -0.428. The molecule has 0 saturated carbocycles. The molecule has 2 aromatic carbocycles. The Labute approximate surface area is 160 Å². The van der Waals surface area contributed by atoms with E-state index in [2.05, 4.69) is 20.7 Å². The van der Waals surface area contributed by atoms with Gasteiger partial charge in [0.25, 0.3) is 5.91 Å². The fraction of sp³-hybridized carbons (Fsp3) is 0.100. The highest BCUT2D eigenvalue weighted by atomic mass is 16.5. The van der Waals surface area contributed by atoms with Gasteiger partial charge in [-0.1, -0.05) is 35.5 Å². The molecule has 4 aromatic rings. The molecule has 0 fully saturated rings. The highest BCUT2D eigenvalue weighted by molar-refractivity contribution is 6.04. The van der Waals surface area contributed by atoms with Crippen LogP contribution in [0, 0.1) is 6.92 Å². The van der Waals surface area contributed by atoms with Crippen molar-refractivity contribution in [3.8, 4) is 28.5 Å². The first-order valence-electron chi connectivity index (χ1n) is 8.46. The molecule has 1 N–H and O–H groups in total. The maximum Gasteiger partial charge on any atom is 0.277 e. The summed E-state index contributed by atoms with van der Waals surface area (Å²) < 4.78 is 16.1. The molecule has 8 nitrogen and oxygen atoms in total. The van der Waals surface area contributed by atoms with Crippen molar-refractivity contribution < 1.29 is 18.5 Å². The van der Waals surface area contributed by atoms with E-state index in [-0.39, 0.29) is 5.69 Å². The monoisotopic (exact) mass is 376 g/mol. The summed E-state index contributed by atoms with van der Waals surface area (Å²) in [6, 6.07) is 16.2. The van der Waals surface area contributed by atoms with Crippen molar-refractivity contribution >= 4 is 11.6 Å². The third kappa shape index (κ3) is 3.48. The lowest BCUT2D eigenvalue weighted by atomic mass is 10.1. The number of nitrogens with zero attached hydrogens (tertiary/aromatic N) is 3. The van der Waals surface area contributed by atoms with Crippen LogP contribution in [0.3, 0.4) is 0 Å². The zero-order chi connectivity index (χ0) is 19.5. The lowest BCUT2D eigenvalue weighted by Gasteiger charge is -2.10. The Balaban J connectivity index is 1.59. The molecular weight excluding hydrogens is 360 g/mol. The van der Waals surface area contributed by atoms with Crippen LogP contribution in [0.25, 0.3) is 22.8 Å². The second-order valence-electron chi connectivity index (χ2n) is 5.94. The van der Waals surface area contributed by atoms with E-state index < -0.39 is 5.91 Å². The van der Waals surface area contributed by atoms with E-state index in [1.807, 2.05) is 30.3 Å². The molecule has 0 aliphatic rings. The van der Waals surface area contributed by atoms with Gasteiger partial charge in [0.15, 0.2) is 11.5 Å². The van der Waals surface area contributed by atoms with Gasteiger partial charge in [0.2, 0.25) is 11.8 Å². The first-order chi connectivity index (χ1) is 13.6. The number of hydrogen-bond donors (Lipinski definition) is 1. The van der Waals surface area contributed by atoms with Gasteiger partial charge in [0.1, 0.15) is 5.75 Å². The number of hydrogen-bond acceptors (Lipinski definition) is 7. The van der Waals surface area contributed by atoms with Crippen LogP contribution in [0.4, 0.5) is 5.69 Å². The van der Waals surface area contributed by atoms with Crippen LogP contribution in [0.1, 0.15) is 16.4 Å². The van der Waals surface area contributed by atoms with E-state index in [9.17, 15) is 4.79 Å². The zero-order valence-corrected chi connectivity index (χ0v) is 15.2. The van der Waals surface area contributed by atoms with Gasteiger partial charge >= 0.3 is 0 Å². The van der Waals surface area contributed by atoms with Crippen LogP contribution >= 0.6 is 0 Å². The van der Waals surface area contributed by atoms with E-state index in [4.69, 9.17) is 13.7 Å². The lowest BCUT2D eigenvalue weighted by molar-refractivity contribution is 0.101. The summed E-state index contributed by atoms with van der Waals surface area (Å²) in [7, 11) is 1.52. The van der Waals surface area contributed by atoms with Gasteiger partial charge in [0, 0.05) is 24.1 Å². The van der Waals surface area contributed by atoms with Crippen molar-refractivity contribution in [2.24, 2.45) is 0 Å². The van der Waals surface area contributed by atoms with Crippen molar-refractivity contribution in [1.29, 1.82) is 0 Å². The fourth-order valence-corrected chi connectivity index (χ4v) is 2.66. The first kappa shape index (κ1) is 17.5. The number of carbonyl (C=O) groups is 1. The van der Waals surface area contributed by atoms with Crippen LogP contribution in [-0.4, -0.2) is 28.4 Å². The Morgan fingerprint density at radius 2 is 1.86 bits per heavy atom. The lowest BCUT2D eigenvalue weighted by Crippen LogP contribution is -2.13. The molecule has 0 atom stereocenters. The summed E-state index contributed by atoms with van der Waals surface area (Å²) in [4.78, 5) is 12.6. The Kier molecular flexibility index (Phi) is 4.59. The number of methoxy groups -OCH3 is 1. The molecule has 2 heterocycles. The summed E-state index contributed by atoms with van der Waals surface area (Å²) in [6.07, 6.45) is 0. The number of carbonyl (C=O) groups excluding carboxylic acids is 1. The van der Waals surface area contributed by atoms with Crippen LogP contribution in [0.2, 0.25) is 0 Å². The number of ether oxygens (including phenoxy) is 1. The van der Waals surface area contributed by atoms with E-state index in [0.29, 0.717) is 34.5 Å². The molecule has 0 bridgehead atoms. The SMILES string of the molecule is COc1ccc(-c2nnc(C)o2)cc1NC(=O)c1cc(-c2ccccc2)on1. The summed E-state index contributed by atoms with van der Waals surface area (Å²) in [5.41, 5.74) is 2.09. The number of aryl methyl sites for hydroxylation is 1. The van der Waals surface area contributed by atoms with Crippen LogP contribution < -0.4 is 10.1 Å². The predicted molar refractivity (Wildman–Crippen MR) is 101 cm³/mol. The molecule has 0 aliphatic heterocycles. The average molecular weight is 376 g/mol. The highest BCUT2D eigenvalue weighted by Crippen LogP contribution is 2.30. The summed E-state index contributed by atoms with van der Waals surface area (Å²) in [5, 5.41) is 14.4. The van der Waals surface area contributed by atoms with E-state index >= 15 is 0 Å². The average Bonchev–Trinajstić information content (AvgIpc) is 3.38. The molecule has 0 radical (unpaired) electrons. The molecule has 0 unspecified atom stereocenters. The molecule has 2 aromatic heterocycles. The topological polar surface area (TPSA) is 103 Å². The summed E-state index contributed by atoms with van der Waals surface area (Å²) in [6.45, 7) is 1.71. The number of anilines is 1. The van der Waals surface area contributed by atoms with E-state index in [1.54, 1.807) is 31.2 Å². The van der Waals surface area contributed by atoms with E-state index in [0.717, 1.165) is 5.56 Å². The zero-order valence-electron chi connectivity index (χ0n) is 15.2. The number of benzene rings is 2. The Morgan fingerprint density at radius 1 is 1.04 bits per heavy atom. The van der Waals surface area contributed by atoms with Gasteiger partial charge in [-0.25, -0.2) is 0 Å². The normalized spacial score (nSPS) is 10.6. The Morgan fingerprint density at radius 3 is 2.57 bits per heavy atom. The van der Waals surface area contributed by atoms with Crippen molar-refractivity contribution in [2.45, 2.75) is 6.92 Å². The van der Waals surface area contributed by atoms with Gasteiger partial charge in [0.05, 0.1) is 12.8 Å². The van der Waals surface area contributed by atoms with Crippen molar-refractivity contribution in [3.05, 3.63) is 66.2 Å². The van der Waals surface area contributed by atoms with Crippen LogP contribution in [0.15, 0.2) is 63.5 Å². The number of nitrogens with one attached hydrogen (secondary N) is 1. The highest BCUT2D eigenvalue weighted by Gasteiger charge is 2.17. The van der Waals surface area contributed by atoms with Gasteiger partial charge in [-0.05, 0) is 18.2 Å². The number of aromatic nitrogens is 3. The Hall–Kier alpha value is -3.94. The molecule has 0 saturated heterocycles. The van der Waals surface area contributed by atoms with Crippen molar-refractivity contribution in [3.63, 3.8) is 0 Å². The predicted octanol–water partition coefficient (Wildman–Crippen LogP) is 3.96. The standard InChI is InChI=1S/C20H16N4O4/c1-12-22-23-20(27-12)14-8-9-17(26-2)15(10-14)21-19(25)16-11-18(28-24-16)13-6-4-3-5-7-13/h3-11H,1-2H3,(H,21,25). The third-order valence-corrected chi connectivity index (χ3v) is 4.02. The Bertz CT molecular complexity index is 1120. The fourth-order valence-electron chi connectivity index (χ4n) is 2.66. The maximum absolute atomic E-state index is 12.6. The summed E-state index contributed by atoms with van der Waals surface area (Å²) in [5.74, 6) is 1.37. The van der Waals surface area contributed by atoms with Crippen molar-refractivity contribution in [2.75, 3.05) is 12.4 Å². The van der Waals surface area contributed by atoms with Gasteiger partial charge in [-0.2, -0.15) is 0 Å². The molecule has 0 aliphatic carbocycles. The second-order valence-corrected chi connectivity index (χ2v) is 5.94. The minimum absolute atomic E-state index is 0.153. The van der Waals surface area contributed by atoms with Gasteiger partial charge in [-0.3, -0.25) is 4.79 Å². The number of rotatable bonds is 5. The van der Waals surface area contributed by atoms with E-state index in [1.165, 1.54) is 7.11 Å². The van der Waals surface area contributed by atoms with Crippen molar-refractivity contribution in [1.82, 2.24) is 15.4 Å². The molecule has 0 spiro atoms. The number of amides is 1. The van der Waals surface area contributed by atoms with Gasteiger partial charge < -0.3 is 19.0 Å². The molecule has 1 amide bonds. The molecule has 140 valence electrons. The maximum atomic E-state index is 12.6.